The van der Waals surface area contributed by atoms with Gasteiger partial charge >= 0.3 is 0 Å². The predicted molar refractivity (Wildman–Crippen MR) is 145 cm³/mol. The summed E-state index contributed by atoms with van der Waals surface area (Å²) in [6.45, 7) is 2.85. The number of carbonyl (C=O) groups excluding carboxylic acids is 1. The average molecular weight is 666 g/mol. The fraction of sp³-hybridized carbons (Fsp3) is 0.0968. The van der Waals surface area contributed by atoms with Gasteiger partial charge in [0, 0.05) is 61.6 Å². The van der Waals surface area contributed by atoms with Gasteiger partial charge in [0.05, 0.1) is 5.76 Å². The van der Waals surface area contributed by atoms with Gasteiger partial charge in [-0.25, -0.2) is 0 Å². The zero-order chi connectivity index (χ0) is 25.2. The number of pyridine rings is 1. The number of fused-ring (bicyclic) bond motifs is 4. The maximum absolute atomic E-state index is 10.0. The second kappa shape index (κ2) is 11.0. The fourth-order valence-electron chi connectivity index (χ4n) is 4.43. The molecule has 0 fully saturated rings. The quantitative estimate of drug-likeness (QED) is 0.120. The van der Waals surface area contributed by atoms with Crippen molar-refractivity contribution < 1.29 is 34.4 Å². The molecule has 3 heterocycles. The van der Waals surface area contributed by atoms with E-state index in [0.29, 0.717) is 0 Å². The van der Waals surface area contributed by atoms with E-state index < -0.39 is 0 Å². The number of hydrogen-bond acceptors (Lipinski definition) is 4. The van der Waals surface area contributed by atoms with Crippen LogP contribution in [0, 0.1) is 6.07 Å². The number of carbonyl (C=O) groups is 1. The Morgan fingerprint density at radius 2 is 1.70 bits per heavy atom. The zero-order valence-corrected chi connectivity index (χ0v) is 23.0. The standard InChI is InChI=1S/C26H17N2O.C5H8O2.Ir/c1-28-22-10-6-5-9-20(22)21-12-11-18(15-23(21)28)25-26-19(13-14-27-25)16-24(29-26)17-7-3-2-4-8-17;1-4(6)3-5(2)7;/h2-10,12-16H,1H3;3,6H,1-2H3;/q-1;;/b;4-3-;. The van der Waals surface area contributed by atoms with Crippen molar-refractivity contribution in [3.63, 3.8) is 0 Å². The van der Waals surface area contributed by atoms with Gasteiger partial charge in [-0.15, -0.1) is 23.8 Å². The number of allylic oxidation sites excluding steroid dienone is 2. The molecule has 0 bridgehead atoms. The van der Waals surface area contributed by atoms with Crippen molar-refractivity contribution >= 4 is 38.6 Å². The Hall–Kier alpha value is -3.99. The monoisotopic (exact) mass is 666 g/mol. The third kappa shape index (κ3) is 5.26. The van der Waals surface area contributed by atoms with Crippen molar-refractivity contribution in [2.45, 2.75) is 13.8 Å². The van der Waals surface area contributed by atoms with Crippen molar-refractivity contribution in [3.05, 3.63) is 103 Å². The van der Waals surface area contributed by atoms with Gasteiger partial charge in [0.1, 0.15) is 11.3 Å². The topological polar surface area (TPSA) is 68.3 Å². The van der Waals surface area contributed by atoms with E-state index in [1.807, 2.05) is 30.5 Å². The Labute approximate surface area is 228 Å². The van der Waals surface area contributed by atoms with Crippen molar-refractivity contribution in [2.24, 2.45) is 7.05 Å². The van der Waals surface area contributed by atoms with Crippen molar-refractivity contribution in [2.75, 3.05) is 0 Å². The average Bonchev–Trinajstić information content (AvgIpc) is 3.44. The molecule has 6 aromatic rings. The van der Waals surface area contributed by atoms with Crippen LogP contribution >= 0.6 is 0 Å². The molecule has 1 radical (unpaired) electrons. The summed E-state index contributed by atoms with van der Waals surface area (Å²) in [7, 11) is 2.10. The van der Waals surface area contributed by atoms with Crippen LogP contribution in [0.5, 0.6) is 0 Å². The van der Waals surface area contributed by atoms with Crippen molar-refractivity contribution in [1.29, 1.82) is 0 Å². The van der Waals surface area contributed by atoms with E-state index in [2.05, 4.69) is 77.3 Å². The van der Waals surface area contributed by atoms with Gasteiger partial charge in [-0.05, 0) is 42.9 Å². The third-order valence-corrected chi connectivity index (χ3v) is 6.01. The molecule has 0 aliphatic heterocycles. The Balaban J connectivity index is 0.000000356. The van der Waals surface area contributed by atoms with E-state index in [4.69, 9.17) is 9.52 Å². The molecule has 0 aliphatic rings. The van der Waals surface area contributed by atoms with Gasteiger partial charge in [0.2, 0.25) is 0 Å². The number of aryl methyl sites for hydroxylation is 1. The van der Waals surface area contributed by atoms with Gasteiger partial charge in [-0.2, -0.15) is 0 Å². The molecule has 37 heavy (non-hydrogen) atoms. The summed E-state index contributed by atoms with van der Waals surface area (Å²) < 4.78 is 8.47. The molecule has 0 spiro atoms. The molecule has 0 atom stereocenters. The van der Waals surface area contributed by atoms with Gasteiger partial charge in [-0.3, -0.25) is 4.79 Å². The first-order chi connectivity index (χ1) is 17.4. The second-order valence-electron chi connectivity index (χ2n) is 8.67. The molecule has 0 saturated carbocycles. The molecule has 3 aromatic carbocycles. The molecule has 0 unspecified atom stereocenters. The molecule has 0 saturated heterocycles. The Morgan fingerprint density at radius 3 is 2.41 bits per heavy atom. The van der Waals surface area contributed by atoms with Crippen LogP contribution in [0.1, 0.15) is 13.8 Å². The van der Waals surface area contributed by atoms with E-state index in [9.17, 15) is 4.79 Å². The summed E-state index contributed by atoms with van der Waals surface area (Å²) in [5, 5.41) is 11.8. The van der Waals surface area contributed by atoms with Gasteiger partial charge < -0.3 is 19.1 Å². The number of aromatic nitrogens is 2. The second-order valence-corrected chi connectivity index (χ2v) is 8.67. The number of ketones is 1. The van der Waals surface area contributed by atoms with Gasteiger partial charge in [0.25, 0.3) is 0 Å². The van der Waals surface area contributed by atoms with Crippen LogP contribution in [0.3, 0.4) is 0 Å². The summed E-state index contributed by atoms with van der Waals surface area (Å²) in [5.74, 6) is 0.785. The first kappa shape index (κ1) is 26.1. The smallest absolute Gasteiger partial charge is 0.155 e. The summed E-state index contributed by atoms with van der Waals surface area (Å²) in [6, 6.07) is 30.3. The van der Waals surface area contributed by atoms with E-state index in [1.165, 1.54) is 36.2 Å². The van der Waals surface area contributed by atoms with Crippen LogP contribution in [0.25, 0.3) is 55.4 Å². The summed E-state index contributed by atoms with van der Waals surface area (Å²) in [6.07, 6.45) is 3.00. The number of furan rings is 1. The minimum atomic E-state index is -0.125. The van der Waals surface area contributed by atoms with Crippen LogP contribution in [0.15, 0.2) is 101 Å². The van der Waals surface area contributed by atoms with Crippen LogP contribution in [-0.2, 0) is 31.9 Å². The number of benzene rings is 3. The number of aliphatic hydroxyl groups excluding tert-OH is 1. The van der Waals surface area contributed by atoms with E-state index in [-0.39, 0.29) is 31.6 Å². The normalized spacial score (nSPS) is 11.3. The Kier molecular flexibility index (Phi) is 7.72. The minimum absolute atomic E-state index is 0. The maximum Gasteiger partial charge on any atom is 0.155 e. The van der Waals surface area contributed by atoms with E-state index in [0.717, 1.165) is 39.1 Å². The minimum Gasteiger partial charge on any atom is -0.512 e. The van der Waals surface area contributed by atoms with Gasteiger partial charge in [0.15, 0.2) is 5.78 Å². The molecular weight excluding hydrogens is 641 g/mol. The molecular formula is C31H25IrN2O3-. The third-order valence-electron chi connectivity index (χ3n) is 6.01. The summed E-state index contributed by atoms with van der Waals surface area (Å²) >= 11 is 0. The number of aliphatic hydroxyl groups is 1. The molecule has 0 amide bonds. The molecule has 187 valence electrons. The SMILES string of the molecule is CC(=O)/C=C(/C)O.Cn1c2ccccc2c2c[c-]c(-c3nccc4cc(-c5ccccc5)oc34)cc21.[Ir]. The number of nitrogens with zero attached hydrogens (tertiary/aromatic N) is 2. The molecule has 3 aromatic heterocycles. The Bertz CT molecular complexity index is 1740. The van der Waals surface area contributed by atoms with Crippen LogP contribution in [-0.4, -0.2) is 20.4 Å². The maximum atomic E-state index is 10.0. The summed E-state index contributed by atoms with van der Waals surface area (Å²) in [5.41, 5.74) is 5.97. The van der Waals surface area contributed by atoms with Crippen LogP contribution in [0.4, 0.5) is 0 Å². The Morgan fingerprint density at radius 1 is 0.973 bits per heavy atom. The number of para-hydroxylation sites is 1. The number of hydrogen-bond donors (Lipinski definition) is 1. The first-order valence-electron chi connectivity index (χ1n) is 11.6. The summed E-state index contributed by atoms with van der Waals surface area (Å²) in [4.78, 5) is 14.7. The fourth-order valence-corrected chi connectivity index (χ4v) is 4.43. The van der Waals surface area contributed by atoms with E-state index in [1.54, 1.807) is 0 Å². The molecule has 1 N–H and O–H groups in total. The van der Waals surface area contributed by atoms with Crippen molar-refractivity contribution in [1.82, 2.24) is 9.55 Å². The molecule has 5 nitrogen and oxygen atoms in total. The molecule has 6 rings (SSSR count). The van der Waals surface area contributed by atoms with Crippen molar-refractivity contribution in [3.8, 4) is 22.6 Å². The van der Waals surface area contributed by atoms with E-state index >= 15 is 0 Å². The van der Waals surface area contributed by atoms with Crippen LogP contribution < -0.4 is 0 Å². The number of rotatable bonds is 3. The predicted octanol–water partition coefficient (Wildman–Crippen LogP) is 7.64. The molecule has 6 heteroatoms. The van der Waals surface area contributed by atoms with Crippen LogP contribution in [0.2, 0.25) is 0 Å². The largest absolute Gasteiger partial charge is 0.512 e. The van der Waals surface area contributed by atoms with Gasteiger partial charge in [-0.1, -0.05) is 53.9 Å². The first-order valence-corrected chi connectivity index (χ1v) is 11.6. The zero-order valence-electron chi connectivity index (χ0n) is 20.7. The molecule has 0 aliphatic carbocycles.